The van der Waals surface area contributed by atoms with Crippen LogP contribution in [0.3, 0.4) is 0 Å². The predicted molar refractivity (Wildman–Crippen MR) is 65.7 cm³/mol. The Morgan fingerprint density at radius 1 is 1.27 bits per heavy atom. The summed E-state index contributed by atoms with van der Waals surface area (Å²) in [5.41, 5.74) is 0. The van der Waals surface area contributed by atoms with E-state index in [9.17, 15) is 4.79 Å². The number of carbonyl (C=O) groups is 1. The maximum Gasteiger partial charge on any atom is 0.219 e. The molecule has 0 unspecified atom stereocenters. The van der Waals surface area contributed by atoms with Gasteiger partial charge in [0.2, 0.25) is 5.91 Å². The van der Waals surface area contributed by atoms with Gasteiger partial charge in [-0.2, -0.15) is 0 Å². The molecule has 1 heterocycles. The van der Waals surface area contributed by atoms with Gasteiger partial charge in [0, 0.05) is 6.92 Å². The third-order valence-electron chi connectivity index (χ3n) is 3.48. The first-order valence-electron chi connectivity index (χ1n) is 5.51. The largest absolute Gasteiger partial charge is 0.335 e. The number of amides is 1. The Balaban J connectivity index is 2.71. The smallest absolute Gasteiger partial charge is 0.219 e. The van der Waals surface area contributed by atoms with Crippen LogP contribution in [0.25, 0.3) is 0 Å². The van der Waals surface area contributed by atoms with Gasteiger partial charge in [-0.05, 0) is 20.8 Å². The molecule has 0 saturated carbocycles. The van der Waals surface area contributed by atoms with Crippen LogP contribution >= 0.6 is 7.49 Å². The van der Waals surface area contributed by atoms with Crippen molar-refractivity contribution in [3.8, 4) is 0 Å². The molecule has 1 aliphatic rings. The lowest BCUT2D eigenvalue weighted by atomic mass is 10.3. The molecule has 0 N–H and O–H groups in total. The molecule has 0 aliphatic carbocycles. The Labute approximate surface area is 93.6 Å². The second kappa shape index (κ2) is 4.39. The number of hydrogen-bond donors (Lipinski definition) is 0. The summed E-state index contributed by atoms with van der Waals surface area (Å²) in [6.45, 7) is 10.2. The molecule has 1 rings (SSSR count). The molecular formula is C11H23NO2P+. The van der Waals surface area contributed by atoms with Crippen LogP contribution in [0.5, 0.6) is 0 Å². The average molecular weight is 232 g/mol. The first-order chi connectivity index (χ1) is 6.82. The van der Waals surface area contributed by atoms with Crippen molar-refractivity contribution in [1.82, 2.24) is 4.90 Å². The fraction of sp³-hybridized carbons (Fsp3) is 0.909. The van der Waals surface area contributed by atoms with Crippen molar-refractivity contribution in [2.45, 2.75) is 32.9 Å². The van der Waals surface area contributed by atoms with Gasteiger partial charge in [-0.3, -0.25) is 4.79 Å². The van der Waals surface area contributed by atoms with E-state index in [2.05, 4.69) is 20.8 Å². The molecule has 1 fully saturated rings. The van der Waals surface area contributed by atoms with E-state index in [-0.39, 0.29) is 11.1 Å². The summed E-state index contributed by atoms with van der Waals surface area (Å²) in [7, 11) is 0.510. The molecule has 0 aromatic heterocycles. The van der Waals surface area contributed by atoms with Crippen LogP contribution in [0.2, 0.25) is 0 Å². The lowest BCUT2D eigenvalue weighted by Crippen LogP contribution is -2.43. The second-order valence-electron chi connectivity index (χ2n) is 5.20. The van der Waals surface area contributed by atoms with E-state index in [0.29, 0.717) is 0 Å². The van der Waals surface area contributed by atoms with Crippen molar-refractivity contribution in [1.29, 1.82) is 0 Å². The third-order valence-corrected chi connectivity index (χ3v) is 8.47. The van der Waals surface area contributed by atoms with Gasteiger partial charge in [-0.1, -0.05) is 0 Å². The Hall–Kier alpha value is -0.140. The van der Waals surface area contributed by atoms with Gasteiger partial charge in [0.1, 0.15) is 12.3 Å². The van der Waals surface area contributed by atoms with Crippen molar-refractivity contribution < 1.29 is 9.32 Å². The quantitative estimate of drug-likeness (QED) is 0.649. The van der Waals surface area contributed by atoms with E-state index in [1.165, 1.54) is 0 Å². The Morgan fingerprint density at radius 3 is 2.00 bits per heavy atom. The van der Waals surface area contributed by atoms with Crippen LogP contribution in [0.1, 0.15) is 27.7 Å². The molecule has 1 saturated heterocycles. The van der Waals surface area contributed by atoms with Crippen LogP contribution in [-0.4, -0.2) is 48.5 Å². The lowest BCUT2D eigenvalue weighted by Gasteiger charge is -2.41. The van der Waals surface area contributed by atoms with Gasteiger partial charge in [-0.25, -0.2) is 4.52 Å². The van der Waals surface area contributed by atoms with Gasteiger partial charge in [0.05, 0.1) is 25.4 Å². The molecule has 1 amide bonds. The number of rotatable bonds is 1. The molecule has 4 heteroatoms. The summed E-state index contributed by atoms with van der Waals surface area (Å²) >= 11 is 0. The van der Waals surface area contributed by atoms with Crippen molar-refractivity contribution in [2.24, 2.45) is 0 Å². The predicted octanol–water partition coefficient (Wildman–Crippen LogP) is 2.23. The minimum Gasteiger partial charge on any atom is -0.335 e. The highest BCUT2D eigenvalue weighted by atomic mass is 31.2. The topological polar surface area (TPSA) is 29.5 Å². The summed E-state index contributed by atoms with van der Waals surface area (Å²) in [5, 5.41) is 0.241. The molecule has 0 aromatic rings. The maximum absolute atomic E-state index is 11.2. The highest BCUT2D eigenvalue weighted by Gasteiger charge is 2.52. The molecule has 88 valence electrons. The molecule has 0 radical (unpaired) electrons. The zero-order valence-corrected chi connectivity index (χ0v) is 11.4. The van der Waals surface area contributed by atoms with Crippen LogP contribution < -0.4 is 0 Å². The van der Waals surface area contributed by atoms with Gasteiger partial charge >= 0.3 is 0 Å². The molecular weight excluding hydrogens is 209 g/mol. The molecule has 3 nitrogen and oxygen atoms in total. The van der Waals surface area contributed by atoms with Crippen molar-refractivity contribution in [3.63, 3.8) is 0 Å². The van der Waals surface area contributed by atoms with Crippen LogP contribution in [0.4, 0.5) is 0 Å². The zero-order chi connectivity index (χ0) is 11.7. The molecule has 0 atom stereocenters. The first kappa shape index (κ1) is 12.9. The van der Waals surface area contributed by atoms with E-state index in [1.807, 2.05) is 12.0 Å². The fourth-order valence-electron chi connectivity index (χ4n) is 2.23. The number of hydrogen-bond acceptors (Lipinski definition) is 2. The minimum absolute atomic E-state index is 0.192. The van der Waals surface area contributed by atoms with E-state index >= 15 is 0 Å². The van der Waals surface area contributed by atoms with Crippen molar-refractivity contribution >= 4 is 13.4 Å². The first-order valence-corrected chi connectivity index (χ1v) is 7.58. The van der Waals surface area contributed by atoms with Gasteiger partial charge in [0.25, 0.3) is 0 Å². The zero-order valence-electron chi connectivity index (χ0n) is 10.5. The van der Waals surface area contributed by atoms with Crippen molar-refractivity contribution in [2.75, 3.05) is 32.5 Å². The summed E-state index contributed by atoms with van der Waals surface area (Å²) in [4.78, 5) is 13.2. The normalized spacial score (nSPS) is 21.5. The van der Waals surface area contributed by atoms with E-state index < -0.39 is 7.49 Å². The third kappa shape index (κ3) is 2.51. The van der Waals surface area contributed by atoms with Crippen LogP contribution in [0.15, 0.2) is 0 Å². The summed E-state index contributed by atoms with van der Waals surface area (Å²) in [5.74, 6) is 0.192. The summed E-state index contributed by atoms with van der Waals surface area (Å²) in [6, 6.07) is 0. The van der Waals surface area contributed by atoms with Gasteiger partial charge in [-0.15, -0.1) is 0 Å². The molecule has 0 spiro atoms. The molecule has 15 heavy (non-hydrogen) atoms. The fourth-order valence-corrected chi connectivity index (χ4v) is 5.84. The maximum atomic E-state index is 11.2. The van der Waals surface area contributed by atoms with Gasteiger partial charge < -0.3 is 4.90 Å². The Kier molecular flexibility index (Phi) is 3.78. The average Bonchev–Trinajstić information content (AvgIpc) is 2.16. The highest BCUT2D eigenvalue weighted by molar-refractivity contribution is 7.72. The monoisotopic (exact) mass is 232 g/mol. The van der Waals surface area contributed by atoms with Crippen molar-refractivity contribution in [3.05, 3.63) is 0 Å². The SMILES string of the molecule is CO[P+]1(C(C)(C)C)CCN(C(C)=O)CC1. The molecule has 0 aromatic carbocycles. The van der Waals surface area contributed by atoms with E-state index in [1.54, 1.807) is 6.92 Å². The number of nitrogens with zero attached hydrogens (tertiary/aromatic N) is 1. The Morgan fingerprint density at radius 2 is 1.73 bits per heavy atom. The molecule has 0 bridgehead atoms. The van der Waals surface area contributed by atoms with E-state index in [4.69, 9.17) is 4.52 Å². The second-order valence-corrected chi connectivity index (χ2v) is 9.58. The molecule has 1 aliphatic heterocycles. The lowest BCUT2D eigenvalue weighted by molar-refractivity contribution is -0.128. The summed E-state index contributed by atoms with van der Waals surface area (Å²) < 4.78 is 5.84. The highest BCUT2D eigenvalue weighted by Crippen LogP contribution is 2.69. The minimum atomic E-state index is -1.33. The van der Waals surface area contributed by atoms with Crippen LogP contribution in [-0.2, 0) is 9.32 Å². The Bertz CT molecular complexity index is 239. The number of carbonyl (C=O) groups excluding carboxylic acids is 1. The standard InChI is InChI=1S/C11H23NO2P/c1-10(13)12-6-8-15(14-5,9-7-12)11(2,3)4/h6-9H2,1-5H3/q+1. The van der Waals surface area contributed by atoms with E-state index in [0.717, 1.165) is 25.4 Å². The van der Waals surface area contributed by atoms with Gasteiger partial charge in [0.15, 0.2) is 7.49 Å². The van der Waals surface area contributed by atoms with Crippen LogP contribution in [0, 0.1) is 0 Å². The summed E-state index contributed by atoms with van der Waals surface area (Å²) in [6.07, 6.45) is 2.10.